The number of hydrogen-bond donors (Lipinski definition) is 2. The maximum Gasteiger partial charge on any atom is 0.191 e. The van der Waals surface area contributed by atoms with Gasteiger partial charge in [0.2, 0.25) is 0 Å². The molecule has 0 fully saturated rings. The standard InChI is InChI=1S/C21H26N6O.HI/c1-16-9-7-8-12-19(16)28-17(2)13-23-21(22-3)24-14-20-26-25-15-27(20)18-10-5-4-6-11-18;/h4-12,15,17H,13-14H2,1-3H3,(H2,22,23,24);1H. The van der Waals surface area contributed by atoms with Gasteiger partial charge in [-0.25, -0.2) is 0 Å². The molecule has 0 saturated heterocycles. The van der Waals surface area contributed by atoms with Crippen molar-refractivity contribution in [2.75, 3.05) is 13.6 Å². The molecule has 1 aromatic heterocycles. The van der Waals surface area contributed by atoms with Gasteiger partial charge in [0.25, 0.3) is 0 Å². The molecule has 0 aliphatic heterocycles. The van der Waals surface area contributed by atoms with Crippen LogP contribution in [0.3, 0.4) is 0 Å². The highest BCUT2D eigenvalue weighted by molar-refractivity contribution is 14.0. The van der Waals surface area contributed by atoms with Gasteiger partial charge in [0.05, 0.1) is 13.1 Å². The van der Waals surface area contributed by atoms with Crippen molar-refractivity contribution in [1.29, 1.82) is 0 Å². The van der Waals surface area contributed by atoms with E-state index in [4.69, 9.17) is 4.74 Å². The molecule has 154 valence electrons. The number of nitrogens with zero attached hydrogens (tertiary/aromatic N) is 4. The second-order valence-corrected chi connectivity index (χ2v) is 6.45. The van der Waals surface area contributed by atoms with Crippen molar-refractivity contribution in [3.63, 3.8) is 0 Å². The van der Waals surface area contributed by atoms with Crippen LogP contribution in [0.4, 0.5) is 0 Å². The molecule has 1 heterocycles. The van der Waals surface area contributed by atoms with Gasteiger partial charge in [-0.2, -0.15) is 0 Å². The number of benzene rings is 2. The van der Waals surface area contributed by atoms with Gasteiger partial charge in [0.1, 0.15) is 18.2 Å². The van der Waals surface area contributed by atoms with E-state index < -0.39 is 0 Å². The Balaban J connectivity index is 0.00000300. The summed E-state index contributed by atoms with van der Waals surface area (Å²) in [4.78, 5) is 4.27. The monoisotopic (exact) mass is 506 g/mol. The number of para-hydroxylation sites is 2. The minimum absolute atomic E-state index is 0. The molecular weight excluding hydrogens is 479 g/mol. The van der Waals surface area contributed by atoms with Gasteiger partial charge >= 0.3 is 0 Å². The molecule has 8 heteroatoms. The Morgan fingerprint density at radius 1 is 1.10 bits per heavy atom. The first-order chi connectivity index (χ1) is 13.7. The second-order valence-electron chi connectivity index (χ2n) is 6.45. The third kappa shape index (κ3) is 6.45. The molecule has 3 aromatic rings. The number of guanidine groups is 1. The van der Waals surface area contributed by atoms with Crippen LogP contribution in [-0.2, 0) is 6.54 Å². The lowest BCUT2D eigenvalue weighted by atomic mass is 10.2. The van der Waals surface area contributed by atoms with E-state index in [0.717, 1.165) is 22.8 Å². The van der Waals surface area contributed by atoms with Crippen molar-refractivity contribution < 1.29 is 4.74 Å². The van der Waals surface area contributed by atoms with Crippen LogP contribution in [0.5, 0.6) is 5.75 Å². The average molecular weight is 506 g/mol. The Morgan fingerprint density at radius 2 is 1.83 bits per heavy atom. The number of ether oxygens (including phenoxy) is 1. The summed E-state index contributed by atoms with van der Waals surface area (Å²) in [5.41, 5.74) is 2.14. The predicted octanol–water partition coefficient (Wildman–Crippen LogP) is 3.33. The number of aliphatic imine (C=N–C) groups is 1. The van der Waals surface area contributed by atoms with Gasteiger partial charge in [0, 0.05) is 12.7 Å². The molecule has 3 rings (SSSR count). The van der Waals surface area contributed by atoms with Crippen LogP contribution in [0, 0.1) is 6.92 Å². The lowest BCUT2D eigenvalue weighted by Gasteiger charge is -2.18. The molecule has 2 aromatic carbocycles. The molecule has 29 heavy (non-hydrogen) atoms. The molecule has 1 atom stereocenters. The number of rotatable bonds is 7. The summed E-state index contributed by atoms with van der Waals surface area (Å²) in [7, 11) is 1.74. The van der Waals surface area contributed by atoms with E-state index in [1.54, 1.807) is 13.4 Å². The fraction of sp³-hybridized carbons (Fsp3) is 0.286. The van der Waals surface area contributed by atoms with Crippen molar-refractivity contribution in [2.45, 2.75) is 26.5 Å². The summed E-state index contributed by atoms with van der Waals surface area (Å²) in [6.45, 7) is 5.19. The van der Waals surface area contributed by atoms with Crippen LogP contribution in [0.1, 0.15) is 18.3 Å². The van der Waals surface area contributed by atoms with Crippen molar-refractivity contribution in [1.82, 2.24) is 25.4 Å². The Hall–Kier alpha value is -2.62. The Kier molecular flexibility index (Phi) is 8.91. The van der Waals surface area contributed by atoms with Gasteiger partial charge in [0.15, 0.2) is 11.8 Å². The van der Waals surface area contributed by atoms with Crippen LogP contribution in [0.25, 0.3) is 5.69 Å². The summed E-state index contributed by atoms with van der Waals surface area (Å²) in [6.07, 6.45) is 1.70. The summed E-state index contributed by atoms with van der Waals surface area (Å²) in [6, 6.07) is 18.0. The zero-order chi connectivity index (χ0) is 19.8. The van der Waals surface area contributed by atoms with Crippen molar-refractivity contribution >= 4 is 29.9 Å². The van der Waals surface area contributed by atoms with Crippen LogP contribution < -0.4 is 15.4 Å². The first-order valence-corrected chi connectivity index (χ1v) is 9.28. The quantitative estimate of drug-likeness (QED) is 0.292. The maximum absolute atomic E-state index is 6.00. The molecule has 2 N–H and O–H groups in total. The van der Waals surface area contributed by atoms with E-state index in [0.29, 0.717) is 19.0 Å². The predicted molar refractivity (Wildman–Crippen MR) is 126 cm³/mol. The minimum atomic E-state index is -0.00683. The lowest BCUT2D eigenvalue weighted by molar-refractivity contribution is 0.222. The number of nitrogens with one attached hydrogen (secondary N) is 2. The highest BCUT2D eigenvalue weighted by Gasteiger charge is 2.09. The SMILES string of the molecule is CN=C(NCc1nncn1-c1ccccc1)NCC(C)Oc1ccccc1C.I. The topological polar surface area (TPSA) is 76.4 Å². The van der Waals surface area contributed by atoms with E-state index in [1.165, 1.54) is 0 Å². The summed E-state index contributed by atoms with van der Waals surface area (Å²) >= 11 is 0. The molecule has 0 bridgehead atoms. The molecule has 0 aliphatic carbocycles. The molecule has 0 saturated carbocycles. The van der Waals surface area contributed by atoms with Crippen molar-refractivity contribution in [3.05, 3.63) is 72.3 Å². The largest absolute Gasteiger partial charge is 0.489 e. The van der Waals surface area contributed by atoms with E-state index in [2.05, 4.69) is 25.8 Å². The van der Waals surface area contributed by atoms with E-state index in [1.807, 2.05) is 73.0 Å². The number of aryl methyl sites for hydroxylation is 1. The van der Waals surface area contributed by atoms with Crippen molar-refractivity contribution in [3.8, 4) is 11.4 Å². The van der Waals surface area contributed by atoms with E-state index in [-0.39, 0.29) is 30.1 Å². The molecule has 7 nitrogen and oxygen atoms in total. The molecule has 1 unspecified atom stereocenters. The number of aromatic nitrogens is 3. The fourth-order valence-electron chi connectivity index (χ4n) is 2.75. The molecule has 0 amide bonds. The second kappa shape index (κ2) is 11.4. The van der Waals surface area contributed by atoms with Gasteiger partial charge in [-0.15, -0.1) is 34.2 Å². The Morgan fingerprint density at radius 3 is 2.55 bits per heavy atom. The Labute approximate surface area is 188 Å². The third-order valence-electron chi connectivity index (χ3n) is 4.27. The van der Waals surface area contributed by atoms with Crippen LogP contribution >= 0.6 is 24.0 Å². The lowest BCUT2D eigenvalue weighted by Crippen LogP contribution is -2.41. The number of halogens is 1. The highest BCUT2D eigenvalue weighted by atomic mass is 127. The molecule has 0 radical (unpaired) electrons. The van der Waals surface area contributed by atoms with Crippen molar-refractivity contribution in [2.24, 2.45) is 4.99 Å². The maximum atomic E-state index is 6.00. The van der Waals surface area contributed by atoms with Gasteiger partial charge in [-0.3, -0.25) is 9.56 Å². The van der Waals surface area contributed by atoms with Crippen LogP contribution in [0.2, 0.25) is 0 Å². The first kappa shape index (κ1) is 22.7. The first-order valence-electron chi connectivity index (χ1n) is 9.28. The summed E-state index contributed by atoms with van der Waals surface area (Å²) in [5.74, 6) is 2.39. The van der Waals surface area contributed by atoms with Gasteiger partial charge in [-0.05, 0) is 37.6 Å². The smallest absolute Gasteiger partial charge is 0.191 e. The highest BCUT2D eigenvalue weighted by Crippen LogP contribution is 2.17. The minimum Gasteiger partial charge on any atom is -0.489 e. The van der Waals surface area contributed by atoms with E-state index in [9.17, 15) is 0 Å². The summed E-state index contributed by atoms with van der Waals surface area (Å²) < 4.78 is 7.94. The zero-order valence-electron chi connectivity index (χ0n) is 16.9. The molecular formula is C21H27IN6O. The average Bonchev–Trinajstić information content (AvgIpc) is 3.19. The normalized spacial score (nSPS) is 12.0. The van der Waals surface area contributed by atoms with Crippen LogP contribution in [-0.4, -0.2) is 40.4 Å². The van der Waals surface area contributed by atoms with Crippen LogP contribution in [0.15, 0.2) is 65.9 Å². The molecule has 0 spiro atoms. The van der Waals surface area contributed by atoms with E-state index >= 15 is 0 Å². The zero-order valence-corrected chi connectivity index (χ0v) is 19.2. The summed E-state index contributed by atoms with van der Waals surface area (Å²) in [5, 5.41) is 14.8. The van der Waals surface area contributed by atoms with Gasteiger partial charge < -0.3 is 15.4 Å². The number of hydrogen-bond acceptors (Lipinski definition) is 4. The Bertz CT molecular complexity index is 912. The third-order valence-corrected chi connectivity index (χ3v) is 4.27. The fourth-order valence-corrected chi connectivity index (χ4v) is 2.75. The molecule has 0 aliphatic rings. The van der Waals surface area contributed by atoms with Gasteiger partial charge in [-0.1, -0.05) is 36.4 Å².